The van der Waals surface area contributed by atoms with E-state index in [9.17, 15) is 0 Å². The number of hydrogen-bond donors (Lipinski definition) is 2. The van der Waals surface area contributed by atoms with Crippen molar-refractivity contribution < 1.29 is 9.47 Å². The molecule has 2 fully saturated rings. The average Bonchev–Trinajstić information content (AvgIpc) is 3.25. The summed E-state index contributed by atoms with van der Waals surface area (Å²) < 4.78 is 10.9. The van der Waals surface area contributed by atoms with Crippen LogP contribution >= 0.6 is 0 Å². The van der Waals surface area contributed by atoms with Gasteiger partial charge in [0, 0.05) is 18.6 Å². The van der Waals surface area contributed by atoms with Gasteiger partial charge < -0.3 is 25.0 Å². The number of benzene rings is 1. The van der Waals surface area contributed by atoms with Crippen LogP contribution in [0.15, 0.2) is 23.2 Å². The SMILES string of the molecule is CCNC(=NCc1ccc2c(c1)OCO2)NCC1(N2CCCCC2)CCN(C)CC1. The molecule has 2 saturated heterocycles. The summed E-state index contributed by atoms with van der Waals surface area (Å²) in [6, 6.07) is 6.06. The van der Waals surface area contributed by atoms with Gasteiger partial charge in [-0.1, -0.05) is 12.5 Å². The first-order valence-corrected chi connectivity index (χ1v) is 11.5. The zero-order chi connectivity index (χ0) is 20.8. The molecule has 3 heterocycles. The minimum atomic E-state index is 0.238. The van der Waals surface area contributed by atoms with Crippen molar-refractivity contribution >= 4 is 5.96 Å². The molecule has 0 amide bonds. The van der Waals surface area contributed by atoms with Gasteiger partial charge in [-0.15, -0.1) is 0 Å². The summed E-state index contributed by atoms with van der Waals surface area (Å²) in [4.78, 5) is 10.1. The van der Waals surface area contributed by atoms with E-state index in [-0.39, 0.29) is 5.54 Å². The van der Waals surface area contributed by atoms with Crippen molar-refractivity contribution in [3.63, 3.8) is 0 Å². The van der Waals surface area contributed by atoms with Gasteiger partial charge in [-0.25, -0.2) is 4.99 Å². The molecule has 7 nitrogen and oxygen atoms in total. The molecule has 0 saturated carbocycles. The maximum absolute atomic E-state index is 5.50. The molecule has 166 valence electrons. The fourth-order valence-electron chi connectivity index (χ4n) is 4.81. The van der Waals surface area contributed by atoms with E-state index in [1.165, 1.54) is 58.3 Å². The van der Waals surface area contributed by atoms with E-state index in [2.05, 4.69) is 40.5 Å². The Morgan fingerprint density at radius 3 is 2.57 bits per heavy atom. The number of ether oxygens (including phenoxy) is 2. The van der Waals surface area contributed by atoms with Crippen LogP contribution in [0.2, 0.25) is 0 Å². The van der Waals surface area contributed by atoms with Crippen molar-refractivity contribution in [3.05, 3.63) is 23.8 Å². The normalized spacial score (nSPS) is 22.1. The number of hydrogen-bond acceptors (Lipinski definition) is 5. The van der Waals surface area contributed by atoms with E-state index in [0.717, 1.165) is 36.1 Å². The average molecular weight is 416 g/mol. The highest BCUT2D eigenvalue weighted by Gasteiger charge is 2.39. The first-order valence-electron chi connectivity index (χ1n) is 11.5. The number of nitrogens with zero attached hydrogens (tertiary/aromatic N) is 3. The van der Waals surface area contributed by atoms with E-state index >= 15 is 0 Å². The monoisotopic (exact) mass is 415 g/mol. The van der Waals surface area contributed by atoms with Crippen molar-refractivity contribution in [1.82, 2.24) is 20.4 Å². The second-order valence-electron chi connectivity index (χ2n) is 8.81. The quantitative estimate of drug-likeness (QED) is 0.550. The van der Waals surface area contributed by atoms with Gasteiger partial charge in [0.2, 0.25) is 6.79 Å². The molecule has 7 heteroatoms. The number of nitrogens with one attached hydrogen (secondary N) is 2. The third kappa shape index (κ3) is 5.01. The molecule has 0 spiro atoms. The number of aliphatic imine (C=N–C) groups is 1. The largest absolute Gasteiger partial charge is 0.454 e. The fourth-order valence-corrected chi connectivity index (χ4v) is 4.81. The van der Waals surface area contributed by atoms with Crippen molar-refractivity contribution in [2.75, 3.05) is 53.1 Å². The molecule has 1 aromatic carbocycles. The molecule has 0 bridgehead atoms. The molecule has 3 aliphatic rings. The van der Waals surface area contributed by atoms with Crippen LogP contribution in [0.4, 0.5) is 0 Å². The van der Waals surface area contributed by atoms with E-state index < -0.39 is 0 Å². The zero-order valence-corrected chi connectivity index (χ0v) is 18.6. The lowest BCUT2D eigenvalue weighted by molar-refractivity contribution is 0.0173. The van der Waals surface area contributed by atoms with Gasteiger partial charge in [0.1, 0.15) is 0 Å². The molecule has 0 aliphatic carbocycles. The third-order valence-electron chi connectivity index (χ3n) is 6.73. The summed E-state index contributed by atoms with van der Waals surface area (Å²) in [6.07, 6.45) is 6.47. The van der Waals surface area contributed by atoms with Crippen LogP contribution in [0.3, 0.4) is 0 Å². The summed E-state index contributed by atoms with van der Waals surface area (Å²) >= 11 is 0. The smallest absolute Gasteiger partial charge is 0.231 e. The third-order valence-corrected chi connectivity index (χ3v) is 6.73. The zero-order valence-electron chi connectivity index (χ0n) is 18.6. The molecule has 0 unspecified atom stereocenters. The first-order chi connectivity index (χ1) is 14.7. The summed E-state index contributed by atoms with van der Waals surface area (Å²) in [5.41, 5.74) is 1.36. The van der Waals surface area contributed by atoms with E-state index in [1.54, 1.807) is 0 Å². The molecule has 0 aromatic heterocycles. The van der Waals surface area contributed by atoms with E-state index in [4.69, 9.17) is 14.5 Å². The second kappa shape index (κ2) is 9.88. The predicted molar refractivity (Wildman–Crippen MR) is 120 cm³/mol. The lowest BCUT2D eigenvalue weighted by Gasteiger charge is -2.50. The number of guanidine groups is 1. The maximum Gasteiger partial charge on any atom is 0.231 e. The molecule has 2 N–H and O–H groups in total. The summed E-state index contributed by atoms with van der Waals surface area (Å²) in [7, 11) is 2.24. The highest BCUT2D eigenvalue weighted by molar-refractivity contribution is 5.79. The van der Waals surface area contributed by atoms with Gasteiger partial charge in [0.15, 0.2) is 17.5 Å². The van der Waals surface area contributed by atoms with E-state index in [0.29, 0.717) is 13.3 Å². The van der Waals surface area contributed by atoms with Crippen molar-refractivity contribution in [2.45, 2.75) is 51.1 Å². The Bertz CT molecular complexity index is 724. The Hall–Kier alpha value is -1.99. The van der Waals surface area contributed by atoms with Crippen molar-refractivity contribution in [1.29, 1.82) is 0 Å². The highest BCUT2D eigenvalue weighted by atomic mass is 16.7. The highest BCUT2D eigenvalue weighted by Crippen LogP contribution is 2.33. The number of likely N-dealkylation sites (tertiary alicyclic amines) is 2. The Morgan fingerprint density at radius 2 is 1.80 bits per heavy atom. The Labute approximate surface area is 180 Å². The lowest BCUT2D eigenvalue weighted by Crippen LogP contribution is -2.62. The van der Waals surface area contributed by atoms with Crippen LogP contribution in [0.1, 0.15) is 44.6 Å². The number of rotatable bonds is 6. The van der Waals surface area contributed by atoms with Crippen LogP contribution in [0, 0.1) is 0 Å². The summed E-state index contributed by atoms with van der Waals surface area (Å²) in [5, 5.41) is 7.12. The molecule has 30 heavy (non-hydrogen) atoms. The van der Waals surface area contributed by atoms with Crippen molar-refractivity contribution in [2.24, 2.45) is 4.99 Å². The van der Waals surface area contributed by atoms with Gasteiger partial charge >= 0.3 is 0 Å². The van der Waals surface area contributed by atoms with Crippen molar-refractivity contribution in [3.8, 4) is 11.5 Å². The van der Waals surface area contributed by atoms with Gasteiger partial charge in [0.25, 0.3) is 0 Å². The molecule has 4 rings (SSSR count). The molecular formula is C23H37N5O2. The number of piperidine rings is 2. The number of fused-ring (bicyclic) bond motifs is 1. The van der Waals surface area contributed by atoms with Crippen LogP contribution in [-0.4, -0.2) is 74.4 Å². The predicted octanol–water partition coefficient (Wildman–Crippen LogP) is 2.42. The minimum absolute atomic E-state index is 0.238. The molecule has 1 aromatic rings. The molecule has 0 radical (unpaired) electrons. The lowest BCUT2D eigenvalue weighted by atomic mass is 9.84. The Kier molecular flexibility index (Phi) is 7.00. The van der Waals surface area contributed by atoms with Crippen LogP contribution in [-0.2, 0) is 6.54 Å². The van der Waals surface area contributed by atoms with E-state index in [1.807, 2.05) is 12.1 Å². The van der Waals surface area contributed by atoms with Gasteiger partial charge in [-0.05, 0) is 83.5 Å². The summed E-state index contributed by atoms with van der Waals surface area (Å²) in [6.45, 7) is 9.65. The molecule has 0 atom stereocenters. The standard InChI is InChI=1S/C23H37N5O2/c1-3-24-22(25-16-19-7-8-20-21(15-19)30-18-29-20)26-17-23(9-13-27(2)14-10-23)28-11-5-4-6-12-28/h7-8,15H,3-6,9-14,16-18H2,1-2H3,(H2,24,25,26). The van der Waals surface area contributed by atoms with Crippen LogP contribution in [0.5, 0.6) is 11.5 Å². The second-order valence-corrected chi connectivity index (χ2v) is 8.81. The molecule has 3 aliphatic heterocycles. The molecular weight excluding hydrogens is 378 g/mol. The topological polar surface area (TPSA) is 61.4 Å². The minimum Gasteiger partial charge on any atom is -0.454 e. The van der Waals surface area contributed by atoms with Gasteiger partial charge in [-0.3, -0.25) is 4.90 Å². The van der Waals surface area contributed by atoms with Crippen LogP contribution in [0.25, 0.3) is 0 Å². The Balaban J connectivity index is 1.42. The Morgan fingerprint density at radius 1 is 1.03 bits per heavy atom. The fraction of sp³-hybridized carbons (Fsp3) is 0.696. The summed E-state index contributed by atoms with van der Waals surface area (Å²) in [5.74, 6) is 2.53. The van der Waals surface area contributed by atoms with Gasteiger partial charge in [-0.2, -0.15) is 0 Å². The van der Waals surface area contributed by atoms with Gasteiger partial charge in [0.05, 0.1) is 6.54 Å². The maximum atomic E-state index is 5.50. The first kappa shape index (κ1) is 21.2. The van der Waals surface area contributed by atoms with Crippen LogP contribution < -0.4 is 20.1 Å².